The van der Waals surface area contributed by atoms with Crippen LogP contribution in [-0.4, -0.2) is 22.7 Å². The minimum absolute atomic E-state index is 0.0962. The molecular weight excluding hydrogens is 398 g/mol. The number of anilines is 1. The SMILES string of the molecule is Cc1ccc(C(=O)N(Cc2cccnc2)c2nc3cc4c(cc3s2)OCO4)cc1C. The third-order valence-corrected chi connectivity index (χ3v) is 6.21. The van der Waals surface area contributed by atoms with Gasteiger partial charge in [-0.05, 0) is 48.7 Å². The summed E-state index contributed by atoms with van der Waals surface area (Å²) in [6, 6.07) is 13.4. The maximum atomic E-state index is 13.5. The van der Waals surface area contributed by atoms with Gasteiger partial charge in [-0.1, -0.05) is 23.5 Å². The molecule has 6 nitrogen and oxygen atoms in total. The highest BCUT2D eigenvalue weighted by Gasteiger charge is 2.24. The standard InChI is InChI=1S/C23H19N3O3S/c1-14-5-6-17(8-15(14)2)22(27)26(12-16-4-3-7-24-11-16)23-25-18-9-19-20(29-13-28-19)10-21(18)30-23/h3-11H,12-13H2,1-2H3. The molecule has 1 aliphatic heterocycles. The van der Waals surface area contributed by atoms with Gasteiger partial charge in [-0.15, -0.1) is 0 Å². The van der Waals surface area contributed by atoms with E-state index in [2.05, 4.69) is 4.98 Å². The lowest BCUT2D eigenvalue weighted by atomic mass is 10.1. The molecule has 4 aromatic rings. The Morgan fingerprint density at radius 1 is 1.10 bits per heavy atom. The summed E-state index contributed by atoms with van der Waals surface area (Å²) >= 11 is 1.46. The van der Waals surface area contributed by atoms with Crippen LogP contribution in [0, 0.1) is 13.8 Å². The molecule has 3 heterocycles. The molecule has 0 spiro atoms. The molecule has 1 aliphatic rings. The fraction of sp³-hybridized carbons (Fsp3) is 0.174. The number of benzene rings is 2. The number of thiazole rings is 1. The van der Waals surface area contributed by atoms with E-state index in [1.165, 1.54) is 11.3 Å². The van der Waals surface area contributed by atoms with Crippen molar-refractivity contribution < 1.29 is 14.3 Å². The van der Waals surface area contributed by atoms with Crippen molar-refractivity contribution in [2.75, 3.05) is 11.7 Å². The van der Waals surface area contributed by atoms with E-state index in [1.54, 1.807) is 17.3 Å². The van der Waals surface area contributed by atoms with Gasteiger partial charge >= 0.3 is 0 Å². The molecule has 0 radical (unpaired) electrons. The summed E-state index contributed by atoms with van der Waals surface area (Å²) in [4.78, 5) is 24.1. The molecule has 0 bridgehead atoms. The number of aromatic nitrogens is 2. The normalized spacial score (nSPS) is 12.3. The molecule has 5 rings (SSSR count). The van der Waals surface area contributed by atoms with Gasteiger partial charge < -0.3 is 9.47 Å². The Morgan fingerprint density at radius 3 is 2.70 bits per heavy atom. The zero-order valence-corrected chi connectivity index (χ0v) is 17.4. The van der Waals surface area contributed by atoms with E-state index >= 15 is 0 Å². The Hall–Kier alpha value is -3.45. The third-order valence-electron chi connectivity index (χ3n) is 5.16. The summed E-state index contributed by atoms with van der Waals surface area (Å²) in [5.41, 5.74) is 4.58. The fourth-order valence-electron chi connectivity index (χ4n) is 3.35. The lowest BCUT2D eigenvalue weighted by molar-refractivity contribution is 0.0985. The van der Waals surface area contributed by atoms with Crippen LogP contribution in [0.1, 0.15) is 27.0 Å². The van der Waals surface area contributed by atoms with Crippen LogP contribution in [0.3, 0.4) is 0 Å². The Balaban J connectivity index is 1.57. The van der Waals surface area contributed by atoms with Gasteiger partial charge in [0.15, 0.2) is 16.6 Å². The first-order valence-corrected chi connectivity index (χ1v) is 10.4. The number of hydrogen-bond acceptors (Lipinski definition) is 6. The van der Waals surface area contributed by atoms with Crippen LogP contribution in [0.5, 0.6) is 11.5 Å². The average molecular weight is 417 g/mol. The summed E-state index contributed by atoms with van der Waals surface area (Å²) in [6.45, 7) is 4.65. The Morgan fingerprint density at radius 2 is 1.93 bits per heavy atom. The molecule has 0 fully saturated rings. The van der Waals surface area contributed by atoms with Crippen molar-refractivity contribution in [1.82, 2.24) is 9.97 Å². The van der Waals surface area contributed by atoms with E-state index in [1.807, 2.05) is 56.3 Å². The summed E-state index contributed by atoms with van der Waals surface area (Å²) in [5, 5.41) is 0.626. The number of carbonyl (C=O) groups excluding carboxylic acids is 1. The maximum Gasteiger partial charge on any atom is 0.260 e. The molecule has 0 unspecified atom stereocenters. The van der Waals surface area contributed by atoms with Crippen LogP contribution < -0.4 is 14.4 Å². The van der Waals surface area contributed by atoms with Crippen LogP contribution in [-0.2, 0) is 6.54 Å². The number of nitrogens with zero attached hydrogens (tertiary/aromatic N) is 3. The number of amides is 1. The summed E-state index contributed by atoms with van der Waals surface area (Å²) in [5.74, 6) is 1.29. The first kappa shape index (κ1) is 18.6. The van der Waals surface area contributed by atoms with Crippen molar-refractivity contribution in [2.24, 2.45) is 0 Å². The number of fused-ring (bicyclic) bond motifs is 2. The monoisotopic (exact) mass is 417 g/mol. The van der Waals surface area contributed by atoms with Crippen molar-refractivity contribution in [3.8, 4) is 11.5 Å². The number of aryl methyl sites for hydroxylation is 2. The number of ether oxygens (including phenoxy) is 2. The molecule has 150 valence electrons. The molecule has 0 N–H and O–H groups in total. The second-order valence-corrected chi connectivity index (χ2v) is 8.23. The van der Waals surface area contributed by atoms with E-state index < -0.39 is 0 Å². The highest BCUT2D eigenvalue weighted by molar-refractivity contribution is 7.22. The second-order valence-electron chi connectivity index (χ2n) is 7.22. The molecule has 0 aliphatic carbocycles. The molecular formula is C23H19N3O3S. The Kier molecular flexibility index (Phi) is 4.59. The van der Waals surface area contributed by atoms with Gasteiger partial charge in [0, 0.05) is 30.1 Å². The van der Waals surface area contributed by atoms with Crippen LogP contribution >= 0.6 is 11.3 Å². The molecule has 2 aromatic carbocycles. The van der Waals surface area contributed by atoms with Crippen molar-refractivity contribution in [3.63, 3.8) is 0 Å². The van der Waals surface area contributed by atoms with Crippen molar-refractivity contribution in [1.29, 1.82) is 0 Å². The van der Waals surface area contributed by atoms with Crippen LogP contribution in [0.2, 0.25) is 0 Å². The molecule has 0 saturated carbocycles. The van der Waals surface area contributed by atoms with Gasteiger partial charge in [-0.2, -0.15) is 0 Å². The van der Waals surface area contributed by atoms with Gasteiger partial charge in [0.25, 0.3) is 5.91 Å². The van der Waals surface area contributed by atoms with E-state index in [0.29, 0.717) is 28.7 Å². The van der Waals surface area contributed by atoms with E-state index in [-0.39, 0.29) is 12.7 Å². The zero-order chi connectivity index (χ0) is 20.7. The van der Waals surface area contributed by atoms with E-state index in [4.69, 9.17) is 14.5 Å². The average Bonchev–Trinajstić information content (AvgIpc) is 3.38. The predicted molar refractivity (Wildman–Crippen MR) is 116 cm³/mol. The summed E-state index contributed by atoms with van der Waals surface area (Å²) < 4.78 is 11.9. The second kappa shape index (κ2) is 7.42. The first-order valence-electron chi connectivity index (χ1n) is 9.57. The third kappa shape index (κ3) is 3.37. The van der Waals surface area contributed by atoms with E-state index in [0.717, 1.165) is 26.9 Å². The van der Waals surface area contributed by atoms with Crippen LogP contribution in [0.4, 0.5) is 5.13 Å². The Bertz CT molecular complexity index is 1210. The number of rotatable bonds is 4. The minimum Gasteiger partial charge on any atom is -0.454 e. The van der Waals surface area contributed by atoms with Crippen LogP contribution in [0.15, 0.2) is 54.9 Å². The fourth-order valence-corrected chi connectivity index (χ4v) is 4.33. The predicted octanol–water partition coefficient (Wildman–Crippen LogP) is 4.88. The molecule has 0 atom stereocenters. The largest absolute Gasteiger partial charge is 0.454 e. The quantitative estimate of drug-likeness (QED) is 0.473. The van der Waals surface area contributed by atoms with Gasteiger partial charge in [0.1, 0.15) is 0 Å². The van der Waals surface area contributed by atoms with Gasteiger partial charge in [-0.25, -0.2) is 4.98 Å². The summed E-state index contributed by atoms with van der Waals surface area (Å²) in [7, 11) is 0. The number of hydrogen-bond donors (Lipinski definition) is 0. The van der Waals surface area contributed by atoms with Gasteiger partial charge in [0.2, 0.25) is 6.79 Å². The maximum absolute atomic E-state index is 13.5. The Labute approximate surface area is 177 Å². The number of carbonyl (C=O) groups is 1. The minimum atomic E-state index is -0.0962. The molecule has 7 heteroatoms. The van der Waals surface area contributed by atoms with Crippen molar-refractivity contribution in [2.45, 2.75) is 20.4 Å². The molecule has 30 heavy (non-hydrogen) atoms. The zero-order valence-electron chi connectivity index (χ0n) is 16.6. The topological polar surface area (TPSA) is 64.6 Å². The first-order chi connectivity index (χ1) is 14.6. The lowest BCUT2D eigenvalue weighted by Crippen LogP contribution is -2.30. The molecule has 2 aromatic heterocycles. The lowest BCUT2D eigenvalue weighted by Gasteiger charge is -2.20. The van der Waals surface area contributed by atoms with E-state index in [9.17, 15) is 4.79 Å². The smallest absolute Gasteiger partial charge is 0.260 e. The summed E-state index contributed by atoms with van der Waals surface area (Å²) in [6.07, 6.45) is 3.49. The van der Waals surface area contributed by atoms with Crippen molar-refractivity contribution in [3.05, 3.63) is 77.1 Å². The van der Waals surface area contributed by atoms with Crippen molar-refractivity contribution >= 4 is 32.6 Å². The highest BCUT2D eigenvalue weighted by atomic mass is 32.1. The van der Waals surface area contributed by atoms with Gasteiger partial charge in [0.05, 0.1) is 16.8 Å². The molecule has 1 amide bonds. The molecule has 0 saturated heterocycles. The van der Waals surface area contributed by atoms with Crippen LogP contribution in [0.25, 0.3) is 10.2 Å². The highest BCUT2D eigenvalue weighted by Crippen LogP contribution is 2.40. The number of pyridine rings is 1. The van der Waals surface area contributed by atoms with Gasteiger partial charge in [-0.3, -0.25) is 14.7 Å².